The van der Waals surface area contributed by atoms with E-state index >= 15 is 0 Å². The first-order chi connectivity index (χ1) is 6.83. The van der Waals surface area contributed by atoms with Crippen LogP contribution in [0, 0.1) is 0 Å². The minimum absolute atomic E-state index is 0. The third-order valence-corrected chi connectivity index (χ3v) is 3.56. The van der Waals surface area contributed by atoms with Gasteiger partial charge in [0, 0.05) is 18.3 Å². The number of nitrogens with two attached hydrogens (primary N) is 1. The van der Waals surface area contributed by atoms with Crippen LogP contribution in [0.15, 0.2) is 18.2 Å². The average molecular weight is 225 g/mol. The first-order valence-corrected chi connectivity index (χ1v) is 5.44. The fourth-order valence-electron chi connectivity index (χ4n) is 2.80. The molecule has 1 unspecified atom stereocenters. The molecule has 2 nitrogen and oxygen atoms in total. The normalized spacial score (nSPS) is 24.1. The third kappa shape index (κ3) is 1.84. The lowest BCUT2D eigenvalue weighted by Crippen LogP contribution is -2.35. The summed E-state index contributed by atoms with van der Waals surface area (Å²) in [5, 5.41) is 0. The van der Waals surface area contributed by atoms with Crippen molar-refractivity contribution in [1.29, 1.82) is 0 Å². The van der Waals surface area contributed by atoms with E-state index in [4.69, 9.17) is 5.73 Å². The number of fused-ring (bicyclic) bond motifs is 2. The zero-order valence-corrected chi connectivity index (χ0v) is 9.59. The van der Waals surface area contributed by atoms with Crippen LogP contribution in [0.3, 0.4) is 0 Å². The standard InChI is InChI=1S/C12H16N2.ClH/c13-11-4-3-9-7-12-2-1-5-14(12)8-10(9)6-11;/h3-4,6,12H,1-2,5,7-8,13H2;1H. The van der Waals surface area contributed by atoms with Crippen molar-refractivity contribution in [2.24, 2.45) is 0 Å². The SMILES string of the molecule is Cl.Nc1ccc2c(c1)CN1CCCC1C2. The minimum atomic E-state index is 0. The number of anilines is 1. The summed E-state index contributed by atoms with van der Waals surface area (Å²) < 4.78 is 0. The Morgan fingerprint density at radius 1 is 1.27 bits per heavy atom. The summed E-state index contributed by atoms with van der Waals surface area (Å²) in [5.74, 6) is 0. The van der Waals surface area contributed by atoms with E-state index in [9.17, 15) is 0 Å². The summed E-state index contributed by atoms with van der Waals surface area (Å²) in [7, 11) is 0. The van der Waals surface area contributed by atoms with Crippen LogP contribution in [0.25, 0.3) is 0 Å². The van der Waals surface area contributed by atoms with E-state index in [0.717, 1.165) is 18.3 Å². The molecule has 2 aliphatic rings. The molecular weight excluding hydrogens is 208 g/mol. The zero-order valence-electron chi connectivity index (χ0n) is 8.78. The van der Waals surface area contributed by atoms with Gasteiger partial charge in [0.05, 0.1) is 0 Å². The van der Waals surface area contributed by atoms with Crippen molar-refractivity contribution >= 4 is 18.1 Å². The van der Waals surface area contributed by atoms with Crippen LogP contribution in [-0.4, -0.2) is 17.5 Å². The number of hydrogen-bond donors (Lipinski definition) is 1. The van der Waals surface area contributed by atoms with E-state index in [1.165, 1.54) is 36.9 Å². The Balaban J connectivity index is 0.000000853. The fraction of sp³-hybridized carbons (Fsp3) is 0.500. The molecule has 0 spiro atoms. The molecule has 3 heteroatoms. The Morgan fingerprint density at radius 2 is 2.13 bits per heavy atom. The zero-order chi connectivity index (χ0) is 9.54. The Hall–Kier alpha value is -0.730. The van der Waals surface area contributed by atoms with Crippen LogP contribution in [0.1, 0.15) is 24.0 Å². The average Bonchev–Trinajstić information content (AvgIpc) is 2.61. The van der Waals surface area contributed by atoms with Crippen LogP contribution in [-0.2, 0) is 13.0 Å². The molecule has 15 heavy (non-hydrogen) atoms. The van der Waals surface area contributed by atoms with Crippen LogP contribution in [0.2, 0.25) is 0 Å². The maximum Gasteiger partial charge on any atom is 0.0317 e. The van der Waals surface area contributed by atoms with Gasteiger partial charge in [-0.15, -0.1) is 12.4 Å². The van der Waals surface area contributed by atoms with E-state index < -0.39 is 0 Å². The number of nitrogens with zero attached hydrogens (tertiary/aromatic N) is 1. The van der Waals surface area contributed by atoms with Gasteiger partial charge in [-0.2, -0.15) is 0 Å². The van der Waals surface area contributed by atoms with Gasteiger partial charge in [-0.05, 0) is 49.1 Å². The van der Waals surface area contributed by atoms with Gasteiger partial charge in [-0.3, -0.25) is 4.90 Å². The first-order valence-electron chi connectivity index (χ1n) is 5.44. The van der Waals surface area contributed by atoms with Gasteiger partial charge in [-0.1, -0.05) is 6.07 Å². The lowest BCUT2D eigenvalue weighted by atomic mass is 9.94. The second-order valence-corrected chi connectivity index (χ2v) is 4.50. The smallest absolute Gasteiger partial charge is 0.0317 e. The summed E-state index contributed by atoms with van der Waals surface area (Å²) in [4.78, 5) is 2.60. The van der Waals surface area contributed by atoms with Crippen LogP contribution in [0.5, 0.6) is 0 Å². The molecule has 1 aromatic rings. The van der Waals surface area contributed by atoms with Crippen molar-refractivity contribution in [3.05, 3.63) is 29.3 Å². The predicted molar refractivity (Wildman–Crippen MR) is 65.2 cm³/mol. The molecule has 0 aliphatic carbocycles. The Kier molecular flexibility index (Phi) is 2.89. The first kappa shape index (κ1) is 10.8. The van der Waals surface area contributed by atoms with Gasteiger partial charge >= 0.3 is 0 Å². The molecule has 0 bridgehead atoms. The van der Waals surface area contributed by atoms with Crippen molar-refractivity contribution < 1.29 is 0 Å². The van der Waals surface area contributed by atoms with Gasteiger partial charge in [0.25, 0.3) is 0 Å². The number of hydrogen-bond acceptors (Lipinski definition) is 2. The molecule has 0 aromatic heterocycles. The van der Waals surface area contributed by atoms with E-state index in [-0.39, 0.29) is 12.4 Å². The maximum absolute atomic E-state index is 5.80. The molecular formula is C12H17ClN2. The predicted octanol–water partition coefficient (Wildman–Crippen LogP) is 2.21. The summed E-state index contributed by atoms with van der Waals surface area (Å²) in [6.07, 6.45) is 3.98. The molecule has 0 radical (unpaired) electrons. The number of rotatable bonds is 0. The third-order valence-electron chi connectivity index (χ3n) is 3.56. The summed E-state index contributed by atoms with van der Waals surface area (Å²) in [6, 6.07) is 7.19. The Bertz CT molecular complexity index is 365. The van der Waals surface area contributed by atoms with E-state index in [2.05, 4.69) is 17.0 Å². The molecule has 82 valence electrons. The van der Waals surface area contributed by atoms with Crippen LogP contribution in [0.4, 0.5) is 5.69 Å². The molecule has 0 amide bonds. The molecule has 2 N–H and O–H groups in total. The fourth-order valence-corrected chi connectivity index (χ4v) is 2.80. The van der Waals surface area contributed by atoms with Crippen LogP contribution >= 0.6 is 12.4 Å². The van der Waals surface area contributed by atoms with Crippen molar-refractivity contribution in [3.63, 3.8) is 0 Å². The highest BCUT2D eigenvalue weighted by atomic mass is 35.5. The van der Waals surface area contributed by atoms with E-state index in [1.807, 2.05) is 6.07 Å². The highest BCUT2D eigenvalue weighted by Crippen LogP contribution is 2.30. The molecule has 1 atom stereocenters. The molecule has 2 heterocycles. The highest BCUT2D eigenvalue weighted by Gasteiger charge is 2.29. The van der Waals surface area contributed by atoms with E-state index in [0.29, 0.717) is 0 Å². The van der Waals surface area contributed by atoms with Crippen LogP contribution < -0.4 is 5.73 Å². The summed E-state index contributed by atoms with van der Waals surface area (Å²) in [6.45, 7) is 2.39. The van der Waals surface area contributed by atoms with Crippen molar-refractivity contribution in [1.82, 2.24) is 4.90 Å². The highest BCUT2D eigenvalue weighted by molar-refractivity contribution is 5.85. The van der Waals surface area contributed by atoms with Crippen molar-refractivity contribution in [2.45, 2.75) is 31.8 Å². The number of nitrogen functional groups attached to an aromatic ring is 1. The molecule has 1 fully saturated rings. The molecule has 1 aromatic carbocycles. The Morgan fingerprint density at radius 3 is 3.00 bits per heavy atom. The van der Waals surface area contributed by atoms with E-state index in [1.54, 1.807) is 0 Å². The molecule has 1 saturated heterocycles. The molecule has 3 rings (SSSR count). The lowest BCUT2D eigenvalue weighted by molar-refractivity contribution is 0.227. The van der Waals surface area contributed by atoms with Gasteiger partial charge in [0.15, 0.2) is 0 Å². The maximum atomic E-state index is 5.80. The number of benzene rings is 1. The van der Waals surface area contributed by atoms with Gasteiger partial charge in [0.2, 0.25) is 0 Å². The lowest BCUT2D eigenvalue weighted by Gasteiger charge is -2.31. The van der Waals surface area contributed by atoms with Crippen molar-refractivity contribution in [2.75, 3.05) is 12.3 Å². The number of halogens is 1. The summed E-state index contributed by atoms with van der Waals surface area (Å²) >= 11 is 0. The molecule has 2 aliphatic heterocycles. The Labute approximate surface area is 96.9 Å². The second kappa shape index (κ2) is 4.03. The summed E-state index contributed by atoms with van der Waals surface area (Å²) in [5.41, 5.74) is 9.67. The largest absolute Gasteiger partial charge is 0.399 e. The van der Waals surface area contributed by atoms with Crippen molar-refractivity contribution in [3.8, 4) is 0 Å². The van der Waals surface area contributed by atoms with Gasteiger partial charge < -0.3 is 5.73 Å². The second-order valence-electron chi connectivity index (χ2n) is 4.50. The quantitative estimate of drug-likeness (QED) is 0.685. The van der Waals surface area contributed by atoms with Gasteiger partial charge in [0.1, 0.15) is 0 Å². The monoisotopic (exact) mass is 224 g/mol. The molecule has 0 saturated carbocycles. The van der Waals surface area contributed by atoms with Gasteiger partial charge in [-0.25, -0.2) is 0 Å². The topological polar surface area (TPSA) is 29.3 Å². The minimum Gasteiger partial charge on any atom is -0.399 e.